The van der Waals surface area contributed by atoms with Crippen molar-refractivity contribution in [3.05, 3.63) is 0 Å². The average molecular weight is 228 g/mol. The second-order valence-corrected chi connectivity index (χ2v) is 4.93. The van der Waals surface area contributed by atoms with E-state index in [0.29, 0.717) is 0 Å². The zero-order valence-electron chi connectivity index (χ0n) is 10.7. The van der Waals surface area contributed by atoms with E-state index in [-0.39, 0.29) is 0 Å². The summed E-state index contributed by atoms with van der Waals surface area (Å²) < 4.78 is 5.35. The number of hydrogen-bond donors (Lipinski definition) is 2. The van der Waals surface area contributed by atoms with Gasteiger partial charge < -0.3 is 15.8 Å². The van der Waals surface area contributed by atoms with Gasteiger partial charge in [-0.05, 0) is 50.6 Å². The predicted molar refractivity (Wildman–Crippen MR) is 68.5 cm³/mol. The number of ether oxygens (including phenoxy) is 1. The van der Waals surface area contributed by atoms with Crippen molar-refractivity contribution in [2.45, 2.75) is 39.0 Å². The highest BCUT2D eigenvalue weighted by Crippen LogP contribution is 2.14. The Morgan fingerprint density at radius 2 is 2.31 bits per heavy atom. The van der Waals surface area contributed by atoms with Crippen LogP contribution in [0.2, 0.25) is 0 Å². The van der Waals surface area contributed by atoms with Crippen molar-refractivity contribution in [1.29, 1.82) is 0 Å². The van der Waals surface area contributed by atoms with Crippen molar-refractivity contribution in [3.8, 4) is 0 Å². The smallest absolute Gasteiger partial charge is 0.0507 e. The van der Waals surface area contributed by atoms with Gasteiger partial charge in [-0.3, -0.25) is 0 Å². The Bertz CT molecular complexity index is 158. The van der Waals surface area contributed by atoms with Crippen LogP contribution in [0.3, 0.4) is 0 Å². The molecule has 0 saturated carbocycles. The number of nitrogens with two attached hydrogens (primary N) is 1. The first-order valence-corrected chi connectivity index (χ1v) is 6.85. The van der Waals surface area contributed by atoms with Gasteiger partial charge in [0.1, 0.15) is 0 Å². The van der Waals surface area contributed by atoms with Crippen LogP contribution in [0.25, 0.3) is 0 Å². The molecule has 3 heteroatoms. The molecule has 1 fully saturated rings. The van der Waals surface area contributed by atoms with E-state index in [2.05, 4.69) is 12.2 Å². The lowest BCUT2D eigenvalue weighted by molar-refractivity contribution is 0.185. The molecule has 0 bridgehead atoms. The molecular formula is C13H28N2O. The molecule has 0 aromatic carbocycles. The van der Waals surface area contributed by atoms with Crippen molar-refractivity contribution in [2.24, 2.45) is 17.6 Å². The number of rotatable bonds is 9. The molecule has 0 aliphatic carbocycles. The molecule has 3 N–H and O–H groups in total. The van der Waals surface area contributed by atoms with Gasteiger partial charge in [-0.1, -0.05) is 13.3 Å². The van der Waals surface area contributed by atoms with E-state index in [1.807, 2.05) is 0 Å². The zero-order valence-corrected chi connectivity index (χ0v) is 10.7. The third kappa shape index (κ3) is 5.83. The summed E-state index contributed by atoms with van der Waals surface area (Å²) in [5.41, 5.74) is 5.59. The fourth-order valence-electron chi connectivity index (χ4n) is 2.35. The summed E-state index contributed by atoms with van der Waals surface area (Å²) in [5, 5.41) is 3.54. The molecule has 96 valence electrons. The first-order chi connectivity index (χ1) is 7.86. The maximum absolute atomic E-state index is 5.59. The van der Waals surface area contributed by atoms with E-state index >= 15 is 0 Å². The second-order valence-electron chi connectivity index (χ2n) is 4.93. The maximum Gasteiger partial charge on any atom is 0.0507 e. The molecule has 1 rings (SSSR count). The monoisotopic (exact) mass is 228 g/mol. The molecule has 16 heavy (non-hydrogen) atoms. The van der Waals surface area contributed by atoms with Crippen LogP contribution in [0.4, 0.5) is 0 Å². The van der Waals surface area contributed by atoms with Crippen LogP contribution in [0.1, 0.15) is 39.0 Å². The average Bonchev–Trinajstić information content (AvgIpc) is 2.80. The van der Waals surface area contributed by atoms with Gasteiger partial charge in [0.2, 0.25) is 0 Å². The highest BCUT2D eigenvalue weighted by atomic mass is 16.5. The van der Waals surface area contributed by atoms with E-state index in [0.717, 1.165) is 44.7 Å². The van der Waals surface area contributed by atoms with Crippen molar-refractivity contribution in [1.82, 2.24) is 5.32 Å². The predicted octanol–water partition coefficient (Wildman–Crippen LogP) is 1.77. The standard InChI is InChI=1S/C13H28N2O/c1-2-12(5-7-14)4-3-8-15-10-13-6-9-16-11-13/h12-13,15H,2-11,14H2,1H3. The maximum atomic E-state index is 5.59. The van der Waals surface area contributed by atoms with Crippen molar-refractivity contribution >= 4 is 0 Å². The summed E-state index contributed by atoms with van der Waals surface area (Å²) in [6.07, 6.45) is 6.30. The molecule has 2 unspecified atom stereocenters. The molecule has 1 aliphatic rings. The Morgan fingerprint density at radius 3 is 2.94 bits per heavy atom. The second kappa shape index (κ2) is 8.97. The minimum atomic E-state index is 0.756. The van der Waals surface area contributed by atoms with Gasteiger partial charge in [-0.15, -0.1) is 0 Å². The molecule has 0 spiro atoms. The molecule has 0 radical (unpaired) electrons. The summed E-state index contributed by atoms with van der Waals surface area (Å²) in [5.74, 6) is 1.59. The zero-order chi connectivity index (χ0) is 11.6. The molecular weight excluding hydrogens is 200 g/mol. The minimum Gasteiger partial charge on any atom is -0.381 e. The fraction of sp³-hybridized carbons (Fsp3) is 1.00. The van der Waals surface area contributed by atoms with Crippen molar-refractivity contribution in [3.63, 3.8) is 0 Å². The Labute approximate surface area is 100 Å². The summed E-state index contributed by atoms with van der Waals surface area (Å²) in [6.45, 7) is 7.30. The van der Waals surface area contributed by atoms with Gasteiger partial charge in [0.15, 0.2) is 0 Å². The van der Waals surface area contributed by atoms with E-state index in [4.69, 9.17) is 10.5 Å². The molecule has 2 atom stereocenters. The van der Waals surface area contributed by atoms with Crippen molar-refractivity contribution < 1.29 is 4.74 Å². The van der Waals surface area contributed by atoms with Gasteiger partial charge in [0.05, 0.1) is 6.61 Å². The summed E-state index contributed by atoms with van der Waals surface area (Å²) in [6, 6.07) is 0. The summed E-state index contributed by atoms with van der Waals surface area (Å²) in [7, 11) is 0. The fourth-order valence-corrected chi connectivity index (χ4v) is 2.35. The van der Waals surface area contributed by atoms with Crippen LogP contribution in [-0.2, 0) is 4.74 Å². The van der Waals surface area contributed by atoms with E-state index in [1.165, 1.54) is 32.1 Å². The van der Waals surface area contributed by atoms with Crippen LogP contribution in [-0.4, -0.2) is 32.8 Å². The Balaban J connectivity index is 1.89. The van der Waals surface area contributed by atoms with Crippen LogP contribution in [0, 0.1) is 11.8 Å². The summed E-state index contributed by atoms with van der Waals surface area (Å²) in [4.78, 5) is 0. The van der Waals surface area contributed by atoms with Gasteiger partial charge in [-0.25, -0.2) is 0 Å². The van der Waals surface area contributed by atoms with Crippen LogP contribution >= 0.6 is 0 Å². The molecule has 3 nitrogen and oxygen atoms in total. The van der Waals surface area contributed by atoms with Gasteiger partial charge in [0, 0.05) is 13.2 Å². The largest absolute Gasteiger partial charge is 0.381 e. The highest BCUT2D eigenvalue weighted by Gasteiger charge is 2.14. The Hall–Kier alpha value is -0.120. The Morgan fingerprint density at radius 1 is 1.44 bits per heavy atom. The van der Waals surface area contributed by atoms with Gasteiger partial charge in [-0.2, -0.15) is 0 Å². The van der Waals surface area contributed by atoms with Gasteiger partial charge in [0.25, 0.3) is 0 Å². The van der Waals surface area contributed by atoms with Crippen LogP contribution in [0.5, 0.6) is 0 Å². The molecule has 1 saturated heterocycles. The third-order valence-electron chi connectivity index (χ3n) is 3.58. The molecule has 0 amide bonds. The lowest BCUT2D eigenvalue weighted by atomic mass is 9.97. The van der Waals surface area contributed by atoms with Crippen LogP contribution < -0.4 is 11.1 Å². The first-order valence-electron chi connectivity index (χ1n) is 6.85. The molecule has 1 heterocycles. The lowest BCUT2D eigenvalue weighted by Crippen LogP contribution is -2.24. The van der Waals surface area contributed by atoms with Crippen LogP contribution in [0.15, 0.2) is 0 Å². The first kappa shape index (κ1) is 13.9. The van der Waals surface area contributed by atoms with E-state index in [9.17, 15) is 0 Å². The number of nitrogens with one attached hydrogen (secondary N) is 1. The normalized spacial score (nSPS) is 22.5. The number of hydrogen-bond acceptors (Lipinski definition) is 3. The van der Waals surface area contributed by atoms with E-state index < -0.39 is 0 Å². The highest BCUT2D eigenvalue weighted by molar-refractivity contribution is 4.67. The molecule has 0 aromatic rings. The third-order valence-corrected chi connectivity index (χ3v) is 3.58. The van der Waals surface area contributed by atoms with Crippen molar-refractivity contribution in [2.75, 3.05) is 32.8 Å². The minimum absolute atomic E-state index is 0.756. The quantitative estimate of drug-likeness (QED) is 0.591. The Kier molecular flexibility index (Phi) is 7.81. The lowest BCUT2D eigenvalue weighted by Gasteiger charge is -2.14. The topological polar surface area (TPSA) is 47.3 Å². The molecule has 0 aromatic heterocycles. The van der Waals surface area contributed by atoms with E-state index in [1.54, 1.807) is 0 Å². The SMILES string of the molecule is CCC(CCN)CCCNCC1CCOC1. The molecule has 1 aliphatic heterocycles. The van der Waals surface area contributed by atoms with Gasteiger partial charge >= 0.3 is 0 Å². The summed E-state index contributed by atoms with van der Waals surface area (Å²) >= 11 is 0.